The average molecular weight is 1100 g/mol. The molecule has 6 aromatic rings. The summed E-state index contributed by atoms with van der Waals surface area (Å²) in [4.78, 5) is 22.0. The number of aryl methyl sites for hydroxylation is 4. The van der Waals surface area contributed by atoms with Crippen molar-refractivity contribution < 1.29 is 0 Å². The lowest BCUT2D eigenvalue weighted by Crippen LogP contribution is -1.90. The molecule has 6 rings (SSSR count). The van der Waals surface area contributed by atoms with Crippen LogP contribution in [0.1, 0.15) is 204 Å². The number of rotatable bonds is 33. The molecule has 0 N–H and O–H groups in total. The third-order valence-electron chi connectivity index (χ3n) is 12.4. The molecule has 0 saturated carbocycles. The maximum atomic E-state index is 5.49. The van der Waals surface area contributed by atoms with Gasteiger partial charge in [-0.2, -0.15) is 0 Å². The fourth-order valence-corrected chi connectivity index (χ4v) is 16.9. The van der Waals surface area contributed by atoms with E-state index in [2.05, 4.69) is 96.0 Å². The van der Waals surface area contributed by atoms with Crippen LogP contribution < -0.4 is 0 Å². The average Bonchev–Trinajstić information content (AvgIpc) is 4.16. The van der Waals surface area contributed by atoms with Gasteiger partial charge in [0, 0.05) is 19.5 Å². The zero-order valence-electron chi connectivity index (χ0n) is 39.4. The van der Waals surface area contributed by atoms with E-state index in [-0.39, 0.29) is 0 Å². The smallest absolute Gasteiger partial charge is 0.134 e. The fraction of sp³-hybridized carbons (Fsp3) is 0.593. The first-order valence-electron chi connectivity index (χ1n) is 25.2. The van der Waals surface area contributed by atoms with E-state index in [0.717, 1.165) is 25.7 Å². The molecule has 0 unspecified atom stereocenters. The molecule has 2 nitrogen and oxygen atoms in total. The summed E-state index contributed by atoms with van der Waals surface area (Å²) in [6, 6.07) is 14.3. The Labute approximate surface area is 428 Å². The summed E-state index contributed by atoms with van der Waals surface area (Å²) in [5.41, 5.74) is 5.55. The van der Waals surface area contributed by atoms with Crippen LogP contribution in [0.25, 0.3) is 49.0 Å². The van der Waals surface area contributed by atoms with Crippen molar-refractivity contribution in [2.24, 2.45) is 0 Å². The van der Waals surface area contributed by atoms with Crippen molar-refractivity contribution in [1.82, 2.24) is 9.97 Å². The maximum Gasteiger partial charge on any atom is 0.134 e. The molecule has 64 heavy (non-hydrogen) atoms. The molecule has 350 valence electrons. The van der Waals surface area contributed by atoms with Gasteiger partial charge >= 0.3 is 0 Å². The Morgan fingerprint density at radius 2 is 0.656 bits per heavy atom. The van der Waals surface area contributed by atoms with E-state index in [1.54, 1.807) is 0 Å². The van der Waals surface area contributed by atoms with Crippen LogP contribution >= 0.6 is 99.9 Å². The summed E-state index contributed by atoms with van der Waals surface area (Å²) < 4.78 is 2.45. The molecule has 0 bridgehead atoms. The number of hydrogen-bond donors (Lipinski definition) is 0. The van der Waals surface area contributed by atoms with Crippen molar-refractivity contribution in [3.8, 4) is 49.0 Å². The lowest BCUT2D eigenvalue weighted by Gasteiger charge is -2.02. The fourth-order valence-electron chi connectivity index (χ4n) is 8.67. The molecule has 0 amide bonds. The molecule has 0 aliphatic heterocycles. The van der Waals surface area contributed by atoms with Gasteiger partial charge in [0.05, 0.1) is 38.5 Å². The minimum absolute atomic E-state index is 1.06. The monoisotopic (exact) mass is 1100 g/mol. The topological polar surface area (TPSA) is 25.8 Å². The Morgan fingerprint density at radius 3 is 1.02 bits per heavy atom. The van der Waals surface area contributed by atoms with E-state index in [9.17, 15) is 0 Å². The molecule has 0 aliphatic rings. The maximum absolute atomic E-state index is 5.49. The second-order valence-electron chi connectivity index (χ2n) is 17.8. The van der Waals surface area contributed by atoms with Crippen molar-refractivity contribution in [3.63, 3.8) is 0 Å². The summed E-state index contributed by atoms with van der Waals surface area (Å²) in [5.74, 6) is 0. The van der Waals surface area contributed by atoms with Crippen LogP contribution in [-0.2, 0) is 25.7 Å². The minimum Gasteiger partial charge on any atom is -0.240 e. The van der Waals surface area contributed by atoms with E-state index in [0.29, 0.717) is 0 Å². The first-order valence-corrected chi connectivity index (χ1v) is 31.7. The summed E-state index contributed by atoms with van der Waals surface area (Å²) in [6.45, 7) is 9.22. The quantitative estimate of drug-likeness (QED) is 0.0384. The highest BCUT2D eigenvalue weighted by Gasteiger charge is 2.23. The summed E-state index contributed by atoms with van der Waals surface area (Å²) in [5, 5.41) is 2.43. The zero-order chi connectivity index (χ0) is 44.9. The predicted molar refractivity (Wildman–Crippen MR) is 300 cm³/mol. The van der Waals surface area contributed by atoms with Gasteiger partial charge in [-0.25, -0.2) is 9.97 Å². The van der Waals surface area contributed by atoms with Gasteiger partial charge in [-0.05, 0) is 131 Å². The van der Waals surface area contributed by atoms with Crippen molar-refractivity contribution >= 4 is 99.9 Å². The molecule has 0 radical (unpaired) electrons. The highest BCUT2D eigenvalue weighted by molar-refractivity contribution is 9.11. The van der Waals surface area contributed by atoms with Crippen molar-refractivity contribution in [3.05, 3.63) is 66.5 Å². The van der Waals surface area contributed by atoms with Crippen LogP contribution in [0.5, 0.6) is 0 Å². The van der Waals surface area contributed by atoms with Crippen LogP contribution in [0, 0.1) is 0 Å². The third-order valence-corrected chi connectivity index (χ3v) is 21.0. The van der Waals surface area contributed by atoms with Crippen LogP contribution in [0.2, 0.25) is 0 Å². The zero-order valence-corrected chi connectivity index (χ0v) is 47.4. The molecular formula is C54H74Br2N2S6. The number of nitrogens with zero attached hydrogens (tertiary/aromatic N) is 2. The lowest BCUT2D eigenvalue weighted by atomic mass is 10.1. The van der Waals surface area contributed by atoms with Crippen LogP contribution in [0.4, 0.5) is 0 Å². The van der Waals surface area contributed by atoms with E-state index in [1.165, 1.54) is 233 Å². The Morgan fingerprint density at radius 1 is 0.344 bits per heavy atom. The molecule has 0 saturated heterocycles. The molecule has 6 aromatic heterocycles. The number of unbranched alkanes of at least 4 members (excludes halogenated alkanes) is 20. The normalized spacial score (nSPS) is 11.8. The van der Waals surface area contributed by atoms with Gasteiger partial charge in [0.2, 0.25) is 0 Å². The molecule has 0 atom stereocenters. The molecular weight excluding hydrogens is 1030 g/mol. The van der Waals surface area contributed by atoms with Crippen molar-refractivity contribution in [1.29, 1.82) is 0 Å². The highest BCUT2D eigenvalue weighted by Crippen LogP contribution is 2.49. The standard InChI is InChI=1S/C54H74Br2N2S6/c1-5-9-13-17-21-25-29-39-37-47(55)61-49(39)53-57-41(31-27-23-19-15-11-7-3)51(63-53)45-35-33-43(59-45)44-34-36-46(60-44)52-42(32-28-24-20-16-12-8-4)58-54(64-52)50-40(38-48(56)62-50)30-26-22-18-14-10-6-2/h33-38H,5-32H2,1-4H3. The second-order valence-corrected chi connectivity index (χ2v) is 26.8. The van der Waals surface area contributed by atoms with Gasteiger partial charge in [-0.3, -0.25) is 0 Å². The van der Waals surface area contributed by atoms with Crippen LogP contribution in [-0.4, -0.2) is 9.97 Å². The Hall–Kier alpha value is -0.980. The second kappa shape index (κ2) is 29.1. The number of aromatic nitrogens is 2. The Balaban J connectivity index is 1.23. The van der Waals surface area contributed by atoms with Crippen molar-refractivity contribution in [2.45, 2.75) is 207 Å². The largest absolute Gasteiger partial charge is 0.240 e. The molecule has 6 heterocycles. The number of hydrogen-bond acceptors (Lipinski definition) is 8. The van der Waals surface area contributed by atoms with Gasteiger partial charge in [0.15, 0.2) is 0 Å². The Bertz CT molecular complexity index is 2060. The van der Waals surface area contributed by atoms with E-state index < -0.39 is 0 Å². The van der Waals surface area contributed by atoms with Gasteiger partial charge in [-0.1, -0.05) is 156 Å². The van der Waals surface area contributed by atoms with Crippen LogP contribution in [0.3, 0.4) is 0 Å². The first kappa shape index (κ1) is 52.4. The van der Waals surface area contributed by atoms with Gasteiger partial charge in [0.1, 0.15) is 10.0 Å². The minimum atomic E-state index is 1.06. The van der Waals surface area contributed by atoms with E-state index >= 15 is 0 Å². The molecule has 0 fully saturated rings. The highest BCUT2D eigenvalue weighted by atomic mass is 79.9. The number of thiazole rings is 2. The van der Waals surface area contributed by atoms with E-state index in [1.807, 2.05) is 68.0 Å². The molecule has 10 heteroatoms. The molecule has 0 spiro atoms. The van der Waals surface area contributed by atoms with Crippen LogP contribution in [0.15, 0.2) is 44.0 Å². The molecule has 0 aliphatic carbocycles. The third kappa shape index (κ3) is 16.1. The summed E-state index contributed by atoms with van der Waals surface area (Å²) in [6.07, 6.45) is 36.0. The summed E-state index contributed by atoms with van der Waals surface area (Å²) >= 11 is 19.3. The van der Waals surface area contributed by atoms with Gasteiger partial charge in [-0.15, -0.1) is 68.0 Å². The van der Waals surface area contributed by atoms with Gasteiger partial charge in [0.25, 0.3) is 0 Å². The number of halogens is 2. The first-order chi connectivity index (χ1) is 31.4. The SMILES string of the molecule is CCCCCCCCc1cc(Br)sc1-c1nc(CCCCCCCC)c(-c2ccc(-c3ccc(-c4sc(-c5sc(Br)cc5CCCCCCCC)nc4CCCCCCCC)s3)s2)s1. The van der Waals surface area contributed by atoms with E-state index in [4.69, 9.17) is 9.97 Å². The summed E-state index contributed by atoms with van der Waals surface area (Å²) in [7, 11) is 0. The lowest BCUT2D eigenvalue weighted by molar-refractivity contribution is 0.605. The Kier molecular flexibility index (Phi) is 23.9. The van der Waals surface area contributed by atoms with Crippen molar-refractivity contribution in [2.75, 3.05) is 0 Å². The predicted octanol–water partition coefficient (Wildman–Crippen LogP) is 22.3. The number of thiophene rings is 4. The molecule has 0 aromatic carbocycles. The van der Waals surface area contributed by atoms with Gasteiger partial charge < -0.3 is 0 Å².